The fourth-order valence-corrected chi connectivity index (χ4v) is 2.02. The molecule has 0 saturated carbocycles. The zero-order chi connectivity index (χ0) is 12.5. The van der Waals surface area contributed by atoms with Crippen LogP contribution in [0.2, 0.25) is 0 Å². The summed E-state index contributed by atoms with van der Waals surface area (Å²) in [6.45, 7) is 8.98. The molecule has 0 bridgehead atoms. The Balaban J connectivity index is 2.50. The molecule has 0 atom stereocenters. The standard InChI is InChI=1S/C14H20BrNO/c1-3-7-16-10-12-5-6-13(14(15)9-12)11-17-8-4-2/h4-6,9,16H,2-3,7-8,10-11H2,1H3. The maximum absolute atomic E-state index is 5.42. The van der Waals surface area contributed by atoms with Crippen molar-refractivity contribution in [3.8, 4) is 0 Å². The SMILES string of the molecule is C=CCOCc1ccc(CNCCC)cc1Br. The van der Waals surface area contributed by atoms with Crippen molar-refractivity contribution in [2.75, 3.05) is 13.2 Å². The molecule has 0 aliphatic heterocycles. The number of rotatable bonds is 8. The van der Waals surface area contributed by atoms with E-state index in [0.717, 1.165) is 24.0 Å². The van der Waals surface area contributed by atoms with E-state index in [4.69, 9.17) is 4.74 Å². The molecular formula is C14H20BrNO. The molecule has 0 heterocycles. The molecule has 0 spiro atoms. The van der Waals surface area contributed by atoms with Crippen molar-refractivity contribution >= 4 is 15.9 Å². The maximum atomic E-state index is 5.42. The average molecular weight is 298 g/mol. The molecule has 0 saturated heterocycles. The molecule has 17 heavy (non-hydrogen) atoms. The Kier molecular flexibility index (Phi) is 7.17. The predicted octanol–water partition coefficient (Wildman–Crippen LogP) is 3.65. The second-order valence-corrected chi connectivity index (χ2v) is 4.76. The first kappa shape index (κ1) is 14.4. The minimum absolute atomic E-state index is 0.590. The van der Waals surface area contributed by atoms with Crippen LogP contribution in [-0.2, 0) is 17.9 Å². The fraction of sp³-hybridized carbons (Fsp3) is 0.429. The van der Waals surface area contributed by atoms with Crippen LogP contribution in [0.1, 0.15) is 24.5 Å². The highest BCUT2D eigenvalue weighted by molar-refractivity contribution is 9.10. The van der Waals surface area contributed by atoms with Crippen LogP contribution in [0, 0.1) is 0 Å². The minimum Gasteiger partial charge on any atom is -0.373 e. The van der Waals surface area contributed by atoms with Crippen LogP contribution in [-0.4, -0.2) is 13.2 Å². The van der Waals surface area contributed by atoms with Gasteiger partial charge in [0.05, 0.1) is 13.2 Å². The van der Waals surface area contributed by atoms with Crippen LogP contribution in [0.5, 0.6) is 0 Å². The van der Waals surface area contributed by atoms with Gasteiger partial charge in [-0.15, -0.1) is 6.58 Å². The van der Waals surface area contributed by atoms with E-state index in [0.29, 0.717) is 13.2 Å². The van der Waals surface area contributed by atoms with Crippen molar-refractivity contribution in [1.82, 2.24) is 5.32 Å². The number of hydrogen-bond acceptors (Lipinski definition) is 2. The minimum atomic E-state index is 0.590. The lowest BCUT2D eigenvalue weighted by atomic mass is 10.1. The molecule has 94 valence electrons. The van der Waals surface area contributed by atoms with Gasteiger partial charge < -0.3 is 10.1 Å². The number of hydrogen-bond donors (Lipinski definition) is 1. The van der Waals surface area contributed by atoms with Crippen LogP contribution in [0.15, 0.2) is 35.3 Å². The van der Waals surface area contributed by atoms with Gasteiger partial charge in [0.15, 0.2) is 0 Å². The Labute approximate surface area is 112 Å². The van der Waals surface area contributed by atoms with Crippen molar-refractivity contribution in [3.63, 3.8) is 0 Å². The van der Waals surface area contributed by atoms with Crippen molar-refractivity contribution in [2.24, 2.45) is 0 Å². The largest absolute Gasteiger partial charge is 0.373 e. The highest BCUT2D eigenvalue weighted by atomic mass is 79.9. The Morgan fingerprint density at radius 1 is 1.47 bits per heavy atom. The van der Waals surface area contributed by atoms with E-state index in [1.54, 1.807) is 6.08 Å². The van der Waals surface area contributed by atoms with Gasteiger partial charge >= 0.3 is 0 Å². The van der Waals surface area contributed by atoms with Crippen LogP contribution in [0.4, 0.5) is 0 Å². The molecule has 0 radical (unpaired) electrons. The van der Waals surface area contributed by atoms with Crippen LogP contribution in [0.25, 0.3) is 0 Å². The maximum Gasteiger partial charge on any atom is 0.0732 e. The van der Waals surface area contributed by atoms with Gasteiger partial charge in [-0.2, -0.15) is 0 Å². The summed E-state index contributed by atoms with van der Waals surface area (Å²) >= 11 is 3.57. The van der Waals surface area contributed by atoms with E-state index in [1.807, 2.05) is 0 Å². The molecular weight excluding hydrogens is 278 g/mol. The lowest BCUT2D eigenvalue weighted by molar-refractivity contribution is 0.148. The normalized spacial score (nSPS) is 10.5. The van der Waals surface area contributed by atoms with Gasteiger partial charge in [0, 0.05) is 11.0 Å². The highest BCUT2D eigenvalue weighted by Crippen LogP contribution is 2.19. The van der Waals surface area contributed by atoms with Gasteiger partial charge in [-0.25, -0.2) is 0 Å². The van der Waals surface area contributed by atoms with E-state index in [9.17, 15) is 0 Å². The third-order valence-corrected chi connectivity index (χ3v) is 3.10. The zero-order valence-corrected chi connectivity index (χ0v) is 11.9. The fourth-order valence-electron chi connectivity index (χ4n) is 1.48. The van der Waals surface area contributed by atoms with Gasteiger partial charge in [-0.3, -0.25) is 0 Å². The second-order valence-electron chi connectivity index (χ2n) is 3.91. The Bertz CT molecular complexity index is 352. The lowest BCUT2D eigenvalue weighted by Gasteiger charge is -2.08. The van der Waals surface area contributed by atoms with Gasteiger partial charge in [-0.05, 0) is 30.2 Å². The van der Waals surface area contributed by atoms with E-state index < -0.39 is 0 Å². The molecule has 0 aliphatic rings. The molecule has 0 fully saturated rings. The molecule has 3 heteroatoms. The zero-order valence-electron chi connectivity index (χ0n) is 10.3. The van der Waals surface area contributed by atoms with Gasteiger partial charge in [0.2, 0.25) is 0 Å². The summed E-state index contributed by atoms with van der Waals surface area (Å²) in [5, 5.41) is 3.38. The number of benzene rings is 1. The smallest absolute Gasteiger partial charge is 0.0732 e. The van der Waals surface area contributed by atoms with Crippen molar-refractivity contribution in [1.29, 1.82) is 0 Å². The third kappa shape index (κ3) is 5.48. The summed E-state index contributed by atoms with van der Waals surface area (Å²) in [7, 11) is 0. The monoisotopic (exact) mass is 297 g/mol. The molecule has 0 unspecified atom stereocenters. The van der Waals surface area contributed by atoms with E-state index in [2.05, 4.69) is 52.9 Å². The third-order valence-electron chi connectivity index (χ3n) is 2.37. The quantitative estimate of drug-likeness (QED) is 0.584. The summed E-state index contributed by atoms with van der Waals surface area (Å²) in [5.74, 6) is 0. The van der Waals surface area contributed by atoms with Gasteiger partial charge in [0.25, 0.3) is 0 Å². The molecule has 1 rings (SSSR count). The molecule has 1 aromatic carbocycles. The van der Waals surface area contributed by atoms with Crippen molar-refractivity contribution in [2.45, 2.75) is 26.5 Å². The Morgan fingerprint density at radius 3 is 2.94 bits per heavy atom. The summed E-state index contributed by atoms with van der Waals surface area (Å²) < 4.78 is 6.53. The van der Waals surface area contributed by atoms with Crippen LogP contribution < -0.4 is 5.32 Å². The summed E-state index contributed by atoms with van der Waals surface area (Å²) in [6, 6.07) is 6.39. The molecule has 0 aromatic heterocycles. The lowest BCUT2D eigenvalue weighted by Crippen LogP contribution is -2.13. The van der Waals surface area contributed by atoms with Crippen molar-refractivity contribution < 1.29 is 4.74 Å². The molecule has 0 amide bonds. The number of ether oxygens (including phenoxy) is 1. The Morgan fingerprint density at radius 2 is 2.29 bits per heavy atom. The van der Waals surface area contributed by atoms with E-state index >= 15 is 0 Å². The predicted molar refractivity (Wildman–Crippen MR) is 76.0 cm³/mol. The number of halogens is 1. The van der Waals surface area contributed by atoms with Gasteiger partial charge in [-0.1, -0.05) is 41.1 Å². The van der Waals surface area contributed by atoms with Gasteiger partial charge in [0.1, 0.15) is 0 Å². The summed E-state index contributed by atoms with van der Waals surface area (Å²) in [5.41, 5.74) is 2.46. The van der Waals surface area contributed by atoms with E-state index in [-0.39, 0.29) is 0 Å². The highest BCUT2D eigenvalue weighted by Gasteiger charge is 2.01. The first-order chi connectivity index (χ1) is 8.27. The topological polar surface area (TPSA) is 21.3 Å². The summed E-state index contributed by atoms with van der Waals surface area (Å²) in [4.78, 5) is 0. The Hall–Kier alpha value is -0.640. The molecule has 2 nitrogen and oxygen atoms in total. The first-order valence-corrected chi connectivity index (χ1v) is 6.74. The molecule has 0 aliphatic carbocycles. The number of nitrogens with one attached hydrogen (secondary N) is 1. The first-order valence-electron chi connectivity index (χ1n) is 5.94. The average Bonchev–Trinajstić information content (AvgIpc) is 2.32. The molecule has 1 N–H and O–H groups in total. The van der Waals surface area contributed by atoms with E-state index in [1.165, 1.54) is 11.1 Å². The van der Waals surface area contributed by atoms with Crippen molar-refractivity contribution in [3.05, 3.63) is 46.5 Å². The van der Waals surface area contributed by atoms with Crippen LogP contribution >= 0.6 is 15.9 Å². The van der Waals surface area contributed by atoms with Crippen LogP contribution in [0.3, 0.4) is 0 Å². The summed E-state index contributed by atoms with van der Waals surface area (Å²) in [6.07, 6.45) is 2.92. The molecule has 1 aromatic rings. The second kappa shape index (κ2) is 8.45.